The Kier molecular flexibility index (Phi) is 7.50. The zero-order valence-corrected chi connectivity index (χ0v) is 23.0. The van der Waals surface area contributed by atoms with Crippen molar-refractivity contribution in [2.75, 3.05) is 23.3 Å². The van der Waals surface area contributed by atoms with Crippen molar-refractivity contribution in [1.29, 1.82) is 0 Å². The van der Waals surface area contributed by atoms with Gasteiger partial charge in [0.25, 0.3) is 0 Å². The van der Waals surface area contributed by atoms with Gasteiger partial charge < -0.3 is 20.1 Å². The van der Waals surface area contributed by atoms with Crippen molar-refractivity contribution in [3.8, 4) is 0 Å². The molecule has 0 atom stereocenters. The van der Waals surface area contributed by atoms with Gasteiger partial charge in [-0.3, -0.25) is 4.79 Å². The highest BCUT2D eigenvalue weighted by atomic mass is 35.5. The van der Waals surface area contributed by atoms with Crippen LogP contribution in [0, 0.1) is 17.2 Å². The second kappa shape index (κ2) is 10.4. The van der Waals surface area contributed by atoms with Gasteiger partial charge in [-0.05, 0) is 49.9 Å². The molecule has 41 heavy (non-hydrogen) atoms. The summed E-state index contributed by atoms with van der Waals surface area (Å²) in [7, 11) is 1.68. The number of nitrogens with zero attached hydrogens (tertiary/aromatic N) is 3. The lowest BCUT2D eigenvalue weighted by Gasteiger charge is -2.34. The Hall–Kier alpha value is -2.93. The van der Waals surface area contributed by atoms with Crippen LogP contribution < -0.4 is 15.5 Å². The van der Waals surface area contributed by atoms with Crippen molar-refractivity contribution in [1.82, 2.24) is 14.9 Å². The molecule has 1 saturated carbocycles. The summed E-state index contributed by atoms with van der Waals surface area (Å²) in [5, 5.41) is 5.43. The number of hydrogen-bond acceptors (Lipinski definition) is 4. The van der Waals surface area contributed by atoms with Crippen LogP contribution >= 0.6 is 23.2 Å². The van der Waals surface area contributed by atoms with E-state index in [1.165, 1.54) is 6.07 Å². The predicted octanol–water partition coefficient (Wildman–Crippen LogP) is 7.50. The van der Waals surface area contributed by atoms with Crippen LogP contribution in [0.2, 0.25) is 10.0 Å². The molecule has 0 bridgehead atoms. The molecule has 0 spiro atoms. The fourth-order valence-electron chi connectivity index (χ4n) is 5.06. The Labute approximate surface area is 239 Å². The first-order chi connectivity index (χ1) is 19.1. The number of anilines is 3. The summed E-state index contributed by atoms with van der Waals surface area (Å²) < 4.78 is 95.2. The number of aromatic nitrogens is 2. The molecule has 6 nitrogen and oxygen atoms in total. The number of carbonyl (C=O) groups excluding carboxylic acids is 1. The molecular formula is C26H24Cl2F7N5O. The lowest BCUT2D eigenvalue weighted by atomic mass is 9.96. The van der Waals surface area contributed by atoms with Crippen molar-refractivity contribution >= 4 is 57.5 Å². The number of amides is 1. The third-order valence-corrected chi connectivity index (χ3v) is 8.41. The lowest BCUT2D eigenvalue weighted by Crippen LogP contribution is -2.41. The molecule has 222 valence electrons. The molecule has 2 aliphatic rings. The van der Waals surface area contributed by atoms with Gasteiger partial charge in [0.15, 0.2) is 0 Å². The molecule has 1 aromatic heterocycles. The molecule has 5 rings (SSSR count). The molecule has 1 aliphatic carbocycles. The van der Waals surface area contributed by atoms with Gasteiger partial charge in [0, 0.05) is 32.2 Å². The fourth-order valence-corrected chi connectivity index (χ4v) is 5.53. The van der Waals surface area contributed by atoms with Crippen LogP contribution in [0.1, 0.15) is 31.2 Å². The van der Waals surface area contributed by atoms with Crippen LogP contribution in [-0.4, -0.2) is 40.9 Å². The maximum Gasteiger partial charge on any atom is 0.403 e. The molecule has 0 unspecified atom stereocenters. The largest absolute Gasteiger partial charge is 0.403 e. The zero-order chi connectivity index (χ0) is 29.9. The topological polar surface area (TPSA) is 62.2 Å². The summed E-state index contributed by atoms with van der Waals surface area (Å²) in [6, 6.07) is 5.57. The molecule has 1 amide bonds. The maximum absolute atomic E-state index is 14.6. The summed E-state index contributed by atoms with van der Waals surface area (Å²) in [6.45, 7) is -0.110. The molecule has 2 aromatic carbocycles. The van der Waals surface area contributed by atoms with Gasteiger partial charge >= 0.3 is 12.4 Å². The van der Waals surface area contributed by atoms with Crippen molar-refractivity contribution in [3.05, 3.63) is 45.7 Å². The van der Waals surface area contributed by atoms with E-state index in [0.717, 1.165) is 6.07 Å². The first-order valence-corrected chi connectivity index (χ1v) is 13.4. The van der Waals surface area contributed by atoms with Gasteiger partial charge in [0.05, 0.1) is 38.4 Å². The molecule has 2 fully saturated rings. The van der Waals surface area contributed by atoms with Crippen LogP contribution in [0.3, 0.4) is 0 Å². The monoisotopic (exact) mass is 625 g/mol. The summed E-state index contributed by atoms with van der Waals surface area (Å²) in [5.41, 5.74) is -0.681. The molecule has 3 aromatic rings. The Morgan fingerprint density at radius 1 is 1.05 bits per heavy atom. The van der Waals surface area contributed by atoms with Crippen molar-refractivity contribution in [2.24, 2.45) is 18.4 Å². The average molecular weight is 626 g/mol. The Morgan fingerprint density at radius 3 is 2.29 bits per heavy atom. The van der Waals surface area contributed by atoms with Gasteiger partial charge in [-0.2, -0.15) is 26.3 Å². The number of carbonyl (C=O) groups is 1. The minimum absolute atomic E-state index is 0.0372. The van der Waals surface area contributed by atoms with Gasteiger partial charge in [-0.1, -0.05) is 23.2 Å². The van der Waals surface area contributed by atoms with Gasteiger partial charge in [-0.25, -0.2) is 9.37 Å². The Balaban J connectivity index is 1.35. The Morgan fingerprint density at radius 2 is 1.71 bits per heavy atom. The van der Waals surface area contributed by atoms with E-state index >= 15 is 0 Å². The lowest BCUT2D eigenvalue weighted by molar-refractivity contribution is -0.192. The molecule has 1 saturated heterocycles. The Bertz CT molecular complexity index is 1490. The first-order valence-electron chi connectivity index (χ1n) is 12.7. The quantitative estimate of drug-likeness (QED) is 0.279. The summed E-state index contributed by atoms with van der Waals surface area (Å²) >= 11 is 12.7. The highest BCUT2D eigenvalue weighted by molar-refractivity contribution is 6.34. The van der Waals surface area contributed by atoms with Crippen LogP contribution in [0.25, 0.3) is 11.0 Å². The zero-order valence-electron chi connectivity index (χ0n) is 21.5. The van der Waals surface area contributed by atoms with Gasteiger partial charge in [0.2, 0.25) is 11.9 Å². The van der Waals surface area contributed by atoms with E-state index < -0.39 is 42.0 Å². The SMILES string of the molecule is Cn1c(Nc2cc(CNC(=O)C3(C(F)(F)F)CC3)c(F)cc2Cl)nc2cc(Cl)c(N3CCC(C(F)(F)F)CC3)cc21. The third kappa shape index (κ3) is 5.62. The summed E-state index contributed by atoms with van der Waals surface area (Å²) in [4.78, 5) is 18.5. The van der Waals surface area contributed by atoms with Crippen LogP contribution in [0.15, 0.2) is 24.3 Å². The van der Waals surface area contributed by atoms with Gasteiger partial charge in [0.1, 0.15) is 11.2 Å². The van der Waals surface area contributed by atoms with E-state index in [2.05, 4.69) is 15.6 Å². The minimum atomic E-state index is -4.69. The van der Waals surface area contributed by atoms with E-state index in [9.17, 15) is 35.5 Å². The number of imidazole rings is 1. The number of benzene rings is 2. The highest BCUT2D eigenvalue weighted by Crippen LogP contribution is 2.57. The van der Waals surface area contributed by atoms with Crippen molar-refractivity contribution in [3.63, 3.8) is 0 Å². The minimum Gasteiger partial charge on any atom is -0.370 e. The normalized spacial score (nSPS) is 17.7. The number of aryl methyl sites for hydroxylation is 1. The smallest absolute Gasteiger partial charge is 0.370 e. The molecule has 0 radical (unpaired) electrons. The number of halogens is 9. The maximum atomic E-state index is 14.6. The second-order valence-corrected chi connectivity index (χ2v) is 11.2. The van der Waals surface area contributed by atoms with Crippen LogP contribution in [0.4, 0.5) is 48.1 Å². The van der Waals surface area contributed by atoms with Crippen molar-refractivity contribution in [2.45, 2.75) is 44.6 Å². The molecule has 15 heteroatoms. The number of fused-ring (bicyclic) bond motifs is 1. The number of hydrogen-bond donors (Lipinski definition) is 2. The standard InChI is InChI=1S/C26H24Cl2F7N5O/c1-39-21-11-20(40-6-2-14(3-7-40)25(30,31)32)16(28)10-19(21)38-23(39)37-18-8-13(17(29)9-15(18)27)12-36-22(41)24(4-5-24)26(33,34)35/h8-11,14H,2-7,12H2,1H3,(H,36,41)(H,37,38). The predicted molar refractivity (Wildman–Crippen MR) is 141 cm³/mol. The fraction of sp³-hybridized carbons (Fsp3) is 0.462. The van der Waals surface area contributed by atoms with E-state index in [1.54, 1.807) is 28.6 Å². The molecular weight excluding hydrogens is 602 g/mol. The van der Waals surface area contributed by atoms with E-state index in [1.807, 2.05) is 0 Å². The number of alkyl halides is 6. The first kappa shape index (κ1) is 29.6. The van der Waals surface area contributed by atoms with Gasteiger partial charge in [-0.15, -0.1) is 0 Å². The highest BCUT2D eigenvalue weighted by Gasteiger charge is 2.68. The summed E-state index contributed by atoms with van der Waals surface area (Å²) in [6.07, 6.45) is -9.65. The summed E-state index contributed by atoms with van der Waals surface area (Å²) in [5.74, 6) is -3.11. The third-order valence-electron chi connectivity index (χ3n) is 7.80. The molecule has 1 aliphatic heterocycles. The van der Waals surface area contributed by atoms with Crippen molar-refractivity contribution < 1.29 is 35.5 Å². The van der Waals surface area contributed by atoms with E-state index in [-0.39, 0.29) is 61.0 Å². The molecule has 2 N–H and O–H groups in total. The number of piperidine rings is 1. The second-order valence-electron chi connectivity index (χ2n) is 10.4. The van der Waals surface area contributed by atoms with E-state index in [4.69, 9.17) is 23.2 Å². The molecule has 2 heterocycles. The number of nitrogens with one attached hydrogen (secondary N) is 2. The van der Waals surface area contributed by atoms with Crippen LogP contribution in [-0.2, 0) is 18.4 Å². The van der Waals surface area contributed by atoms with E-state index in [0.29, 0.717) is 21.7 Å². The van der Waals surface area contributed by atoms with Crippen LogP contribution in [0.5, 0.6) is 0 Å². The number of rotatable bonds is 6. The average Bonchev–Trinajstić information content (AvgIpc) is 3.66.